The Kier molecular flexibility index (Phi) is 4.37. The number of benzene rings is 1. The Morgan fingerprint density at radius 3 is 3.00 bits per heavy atom. The highest BCUT2D eigenvalue weighted by molar-refractivity contribution is 5.94. The van der Waals surface area contributed by atoms with Crippen LogP contribution in [0.3, 0.4) is 0 Å². The second-order valence-corrected chi connectivity index (χ2v) is 4.96. The summed E-state index contributed by atoms with van der Waals surface area (Å²) in [5, 5.41) is 3.19. The Hall–Kier alpha value is -1.62. The van der Waals surface area contributed by atoms with E-state index in [9.17, 15) is 9.18 Å². The van der Waals surface area contributed by atoms with Crippen molar-refractivity contribution in [3.05, 3.63) is 29.1 Å². The predicted octanol–water partition coefficient (Wildman–Crippen LogP) is 2.07. The molecule has 104 valence electrons. The van der Waals surface area contributed by atoms with Crippen molar-refractivity contribution in [1.29, 1.82) is 0 Å². The van der Waals surface area contributed by atoms with Crippen molar-refractivity contribution in [3.8, 4) is 0 Å². The molecule has 1 heterocycles. The molecule has 1 atom stereocenters. The first-order valence-corrected chi connectivity index (χ1v) is 6.49. The van der Waals surface area contributed by atoms with Gasteiger partial charge in [0.25, 0.3) is 0 Å². The molecule has 0 saturated carbocycles. The third kappa shape index (κ3) is 3.44. The van der Waals surface area contributed by atoms with Crippen LogP contribution in [0.15, 0.2) is 12.1 Å². The summed E-state index contributed by atoms with van der Waals surface area (Å²) >= 11 is 0. The van der Waals surface area contributed by atoms with E-state index in [1.165, 1.54) is 6.07 Å². The van der Waals surface area contributed by atoms with Gasteiger partial charge in [0, 0.05) is 30.0 Å². The van der Waals surface area contributed by atoms with Crippen molar-refractivity contribution in [2.24, 2.45) is 11.7 Å². The molecule has 0 spiro atoms. The number of halogens is 1. The van der Waals surface area contributed by atoms with Crippen LogP contribution in [0.2, 0.25) is 0 Å². The Balaban J connectivity index is 2.08. The highest BCUT2D eigenvalue weighted by Crippen LogP contribution is 2.22. The summed E-state index contributed by atoms with van der Waals surface area (Å²) in [6.45, 7) is 3.94. The van der Waals surface area contributed by atoms with Crippen molar-refractivity contribution in [2.45, 2.75) is 19.8 Å². The van der Waals surface area contributed by atoms with Crippen LogP contribution in [0.5, 0.6) is 0 Å². The molecule has 1 fully saturated rings. The minimum atomic E-state index is -0.622. The second-order valence-electron chi connectivity index (χ2n) is 4.96. The molecule has 1 aliphatic rings. The number of ether oxygens (including phenoxy) is 1. The number of rotatable bonds is 4. The molecule has 2 rings (SSSR count). The summed E-state index contributed by atoms with van der Waals surface area (Å²) in [6, 6.07) is 2.77. The van der Waals surface area contributed by atoms with Gasteiger partial charge in [-0.25, -0.2) is 4.39 Å². The summed E-state index contributed by atoms with van der Waals surface area (Å²) < 4.78 is 19.1. The Morgan fingerprint density at radius 1 is 1.58 bits per heavy atom. The molecule has 4 nitrogen and oxygen atoms in total. The maximum absolute atomic E-state index is 13.7. The molecule has 0 radical (unpaired) electrons. The van der Waals surface area contributed by atoms with Gasteiger partial charge in [-0.2, -0.15) is 0 Å². The molecule has 1 aromatic carbocycles. The molecular weight excluding hydrogens is 247 g/mol. The van der Waals surface area contributed by atoms with E-state index in [0.717, 1.165) is 26.1 Å². The maximum atomic E-state index is 13.7. The Morgan fingerprint density at radius 2 is 2.37 bits per heavy atom. The average molecular weight is 266 g/mol. The molecule has 1 unspecified atom stereocenters. The zero-order valence-corrected chi connectivity index (χ0v) is 11.0. The van der Waals surface area contributed by atoms with Gasteiger partial charge in [0.15, 0.2) is 0 Å². The Labute approximate surface area is 112 Å². The number of hydrogen-bond acceptors (Lipinski definition) is 3. The summed E-state index contributed by atoms with van der Waals surface area (Å²) in [5.74, 6) is -0.616. The highest BCUT2D eigenvalue weighted by Gasteiger charge is 2.15. The standard InChI is InChI=1S/C14H19FN2O2/c1-9-12(15)5-11(14(16)18)6-13(9)17-7-10-3-2-4-19-8-10/h5-6,10,17H,2-4,7-8H2,1H3,(H2,16,18). The van der Waals surface area contributed by atoms with Crippen molar-refractivity contribution in [2.75, 3.05) is 25.1 Å². The smallest absolute Gasteiger partial charge is 0.248 e. The van der Waals surface area contributed by atoms with Crippen LogP contribution >= 0.6 is 0 Å². The summed E-state index contributed by atoms with van der Waals surface area (Å²) in [7, 11) is 0. The van der Waals surface area contributed by atoms with Gasteiger partial charge in [0.1, 0.15) is 5.82 Å². The number of nitrogens with one attached hydrogen (secondary N) is 1. The number of hydrogen-bond donors (Lipinski definition) is 2. The topological polar surface area (TPSA) is 64.4 Å². The van der Waals surface area contributed by atoms with Crippen LogP contribution in [0.25, 0.3) is 0 Å². The average Bonchev–Trinajstić information content (AvgIpc) is 2.41. The summed E-state index contributed by atoms with van der Waals surface area (Å²) in [4.78, 5) is 11.1. The van der Waals surface area contributed by atoms with Gasteiger partial charge in [-0.3, -0.25) is 4.79 Å². The zero-order valence-electron chi connectivity index (χ0n) is 11.0. The summed E-state index contributed by atoms with van der Waals surface area (Å²) in [5.41, 5.74) is 6.50. The van der Waals surface area contributed by atoms with Crippen molar-refractivity contribution < 1.29 is 13.9 Å². The lowest BCUT2D eigenvalue weighted by molar-refractivity contribution is 0.0595. The normalized spacial score (nSPS) is 19.2. The molecule has 5 heteroatoms. The van der Waals surface area contributed by atoms with E-state index in [4.69, 9.17) is 10.5 Å². The third-order valence-corrected chi connectivity index (χ3v) is 3.46. The van der Waals surface area contributed by atoms with E-state index in [0.29, 0.717) is 23.7 Å². The summed E-state index contributed by atoms with van der Waals surface area (Å²) in [6.07, 6.45) is 2.16. The van der Waals surface area contributed by atoms with Gasteiger partial charge in [0.05, 0.1) is 6.61 Å². The molecular formula is C14H19FN2O2. The van der Waals surface area contributed by atoms with Crippen LogP contribution in [-0.4, -0.2) is 25.7 Å². The van der Waals surface area contributed by atoms with Gasteiger partial charge >= 0.3 is 0 Å². The lowest BCUT2D eigenvalue weighted by Crippen LogP contribution is -2.24. The molecule has 1 amide bonds. The number of anilines is 1. The number of carbonyl (C=O) groups excluding carboxylic acids is 1. The predicted molar refractivity (Wildman–Crippen MR) is 71.7 cm³/mol. The first-order chi connectivity index (χ1) is 9.08. The minimum Gasteiger partial charge on any atom is -0.384 e. The molecule has 1 aliphatic heterocycles. The van der Waals surface area contributed by atoms with E-state index in [-0.39, 0.29) is 5.56 Å². The first kappa shape index (κ1) is 13.8. The van der Waals surface area contributed by atoms with Crippen molar-refractivity contribution >= 4 is 11.6 Å². The van der Waals surface area contributed by atoms with E-state index < -0.39 is 11.7 Å². The highest BCUT2D eigenvalue weighted by atomic mass is 19.1. The number of carbonyl (C=O) groups is 1. The van der Waals surface area contributed by atoms with E-state index in [1.54, 1.807) is 13.0 Å². The molecule has 0 aromatic heterocycles. The third-order valence-electron chi connectivity index (χ3n) is 3.46. The van der Waals surface area contributed by atoms with Gasteiger partial charge in [-0.1, -0.05) is 0 Å². The van der Waals surface area contributed by atoms with Crippen molar-refractivity contribution in [3.63, 3.8) is 0 Å². The molecule has 0 bridgehead atoms. The van der Waals surface area contributed by atoms with Crippen LogP contribution in [0.1, 0.15) is 28.8 Å². The fraction of sp³-hybridized carbons (Fsp3) is 0.500. The first-order valence-electron chi connectivity index (χ1n) is 6.49. The SMILES string of the molecule is Cc1c(F)cc(C(N)=O)cc1NCC1CCCOC1. The zero-order chi connectivity index (χ0) is 13.8. The van der Waals surface area contributed by atoms with Gasteiger partial charge < -0.3 is 15.8 Å². The van der Waals surface area contributed by atoms with E-state index >= 15 is 0 Å². The van der Waals surface area contributed by atoms with Gasteiger partial charge in [-0.05, 0) is 37.8 Å². The van der Waals surface area contributed by atoms with Crippen LogP contribution in [0.4, 0.5) is 10.1 Å². The van der Waals surface area contributed by atoms with Gasteiger partial charge in [-0.15, -0.1) is 0 Å². The maximum Gasteiger partial charge on any atom is 0.248 e. The van der Waals surface area contributed by atoms with Crippen LogP contribution < -0.4 is 11.1 Å². The minimum absolute atomic E-state index is 0.186. The molecule has 1 saturated heterocycles. The van der Waals surface area contributed by atoms with Crippen molar-refractivity contribution in [1.82, 2.24) is 0 Å². The monoisotopic (exact) mass is 266 g/mol. The molecule has 1 aromatic rings. The lowest BCUT2D eigenvalue weighted by atomic mass is 10.0. The largest absolute Gasteiger partial charge is 0.384 e. The number of nitrogens with two attached hydrogens (primary N) is 1. The van der Waals surface area contributed by atoms with Crippen LogP contribution in [0, 0.1) is 18.7 Å². The quantitative estimate of drug-likeness (QED) is 0.877. The lowest BCUT2D eigenvalue weighted by Gasteiger charge is -2.23. The molecule has 0 aliphatic carbocycles. The molecule has 19 heavy (non-hydrogen) atoms. The Bertz CT molecular complexity index is 471. The van der Waals surface area contributed by atoms with E-state index in [2.05, 4.69) is 5.32 Å². The second kappa shape index (κ2) is 6.02. The fourth-order valence-corrected chi connectivity index (χ4v) is 2.23. The molecule has 3 N–H and O–H groups in total. The van der Waals surface area contributed by atoms with Crippen LogP contribution in [-0.2, 0) is 4.74 Å². The van der Waals surface area contributed by atoms with Gasteiger partial charge in [0.2, 0.25) is 5.91 Å². The number of primary amides is 1. The number of amides is 1. The van der Waals surface area contributed by atoms with E-state index in [1.807, 2.05) is 0 Å². The fourth-order valence-electron chi connectivity index (χ4n) is 2.23.